The van der Waals surface area contributed by atoms with Crippen LogP contribution in [0.15, 0.2) is 59.7 Å². The lowest BCUT2D eigenvalue weighted by atomic mass is 10.1. The fourth-order valence-corrected chi connectivity index (χ4v) is 8.85. The molecule has 0 spiro atoms. The first-order chi connectivity index (χ1) is 24.4. The van der Waals surface area contributed by atoms with Gasteiger partial charge in [0.2, 0.25) is 5.95 Å². The first-order valence-corrected chi connectivity index (χ1v) is 20.1. The maximum atomic E-state index is 13.7. The van der Waals surface area contributed by atoms with Crippen molar-refractivity contribution in [2.24, 2.45) is 0 Å². The summed E-state index contributed by atoms with van der Waals surface area (Å²) < 4.78 is 56.8. The second-order valence-electron chi connectivity index (χ2n) is 10.6. The number of fused-ring (bicyclic) bond motifs is 1. The number of aromatic amines is 1. The number of para-hydroxylation sites is 2. The number of nitrogen functional groups attached to an aromatic ring is 1. The molecule has 6 atom stereocenters. The van der Waals surface area contributed by atoms with E-state index in [0.717, 1.165) is 10.9 Å². The summed E-state index contributed by atoms with van der Waals surface area (Å²) in [5.74, 6) is -2.29. The van der Waals surface area contributed by atoms with Gasteiger partial charge in [-0.05, 0) is 36.1 Å². The van der Waals surface area contributed by atoms with Gasteiger partial charge in [-0.1, -0.05) is 24.3 Å². The van der Waals surface area contributed by atoms with Crippen LogP contribution >= 0.6 is 22.4 Å². The summed E-state index contributed by atoms with van der Waals surface area (Å²) in [4.78, 5) is 88.9. The first-order valence-electron chi connectivity index (χ1n) is 14.5. The average Bonchev–Trinajstić information content (AvgIpc) is 3.62. The molecule has 1 saturated heterocycles. The standard InChI is InChI=1S/C26H30N7O15P3S/c1-28-15-9-5-3-7-13(15)24(35)45-19-17(11-43-49(37,38)47-50(39,40)48-51(41,42)52)44-23(33-12-30-18-21(33)31-26(27)32-22(18)34)20(19)46-25(36)14-8-4-6-10-16(14)29-2/h3-10,12,17,19-20,23,28-29H,11H2,1-2H3,(H,37,38)(H,39,40)(H2,41,42,52)(H3,27,31,32,34)/t17-,19-,20-,23-/m1/s1. The fourth-order valence-electron chi connectivity index (χ4n) is 5.07. The molecule has 0 saturated carbocycles. The van der Waals surface area contributed by atoms with Crippen LogP contribution < -0.4 is 21.9 Å². The van der Waals surface area contributed by atoms with Gasteiger partial charge in [0.25, 0.3) is 5.56 Å². The zero-order valence-electron chi connectivity index (χ0n) is 26.7. The normalized spacial score (nSPS) is 21.2. The number of imidazole rings is 1. The van der Waals surface area contributed by atoms with Gasteiger partial charge in [0, 0.05) is 25.5 Å². The number of hydrogen-bond donors (Lipinski definition) is 8. The minimum absolute atomic E-state index is 0.00560. The Morgan fingerprint density at radius 2 is 1.50 bits per heavy atom. The molecule has 1 fully saturated rings. The number of hydrogen-bond acceptors (Lipinski definition) is 17. The zero-order chi connectivity index (χ0) is 38.0. The summed E-state index contributed by atoms with van der Waals surface area (Å²) in [5, 5.41) is 5.68. The van der Waals surface area contributed by atoms with Gasteiger partial charge in [0.1, 0.15) is 6.10 Å². The number of phosphoric acid groups is 2. The van der Waals surface area contributed by atoms with Gasteiger partial charge >= 0.3 is 34.3 Å². The van der Waals surface area contributed by atoms with Crippen molar-refractivity contribution in [3.05, 3.63) is 76.3 Å². The number of carbonyl (C=O) groups excluding carboxylic acids is 2. The molecule has 1 aliphatic rings. The molecule has 3 heterocycles. The number of ether oxygens (including phenoxy) is 3. The van der Waals surface area contributed by atoms with E-state index in [1.807, 2.05) is 0 Å². The summed E-state index contributed by atoms with van der Waals surface area (Å²) >= 11 is 4.10. The maximum absolute atomic E-state index is 13.7. The van der Waals surface area contributed by atoms with E-state index in [4.69, 9.17) is 24.5 Å². The molecule has 22 nitrogen and oxygen atoms in total. The number of H-pyrrole nitrogens is 1. The number of aromatic nitrogens is 4. The second-order valence-corrected chi connectivity index (χ2v) is 16.4. The first kappa shape index (κ1) is 39.1. The summed E-state index contributed by atoms with van der Waals surface area (Å²) in [6.07, 6.45) is -5.55. The summed E-state index contributed by atoms with van der Waals surface area (Å²) in [6, 6.07) is 12.4. The lowest BCUT2D eigenvalue weighted by molar-refractivity contribution is -0.0558. The molecule has 1 aliphatic heterocycles. The lowest BCUT2D eigenvalue weighted by Crippen LogP contribution is -2.41. The van der Waals surface area contributed by atoms with Crippen molar-refractivity contribution in [2.75, 3.05) is 37.1 Å². The Kier molecular flexibility index (Phi) is 11.7. The quantitative estimate of drug-likeness (QED) is 0.0662. The summed E-state index contributed by atoms with van der Waals surface area (Å²) in [5.41, 5.74) is 5.34. The number of carbonyl (C=O) groups is 2. The number of phosphoric ester groups is 1. The molecule has 0 amide bonds. The highest BCUT2D eigenvalue weighted by Gasteiger charge is 2.52. The monoisotopic (exact) mass is 805 g/mol. The molecular weight excluding hydrogens is 775 g/mol. The van der Waals surface area contributed by atoms with Crippen LogP contribution in [0.25, 0.3) is 11.2 Å². The Bertz CT molecular complexity index is 2200. The Labute approximate surface area is 297 Å². The van der Waals surface area contributed by atoms with Crippen molar-refractivity contribution in [1.29, 1.82) is 0 Å². The molecule has 0 radical (unpaired) electrons. The van der Waals surface area contributed by atoms with Gasteiger partial charge in [-0.2, -0.15) is 9.29 Å². The Morgan fingerprint density at radius 3 is 2.06 bits per heavy atom. The average molecular weight is 806 g/mol. The Hall–Kier alpha value is -4.08. The molecule has 2 aromatic carbocycles. The molecule has 0 aliphatic carbocycles. The Morgan fingerprint density at radius 1 is 0.942 bits per heavy atom. The fraction of sp³-hybridized carbons (Fsp3) is 0.269. The van der Waals surface area contributed by atoms with Crippen LogP contribution in [0.3, 0.4) is 0 Å². The van der Waals surface area contributed by atoms with Gasteiger partial charge in [0.05, 0.1) is 24.1 Å². The SMILES string of the molecule is CNc1ccccc1C(=O)O[C@@H]1[C@H](OC(=O)c2ccccc2NC)[C@@H](COP(=O)(O)OP(=O)(O)OP(O)(O)=S)O[C@H]1n1cnc2c(=O)[nH]c(N)nc21. The molecule has 5 rings (SSSR count). The Balaban J connectivity index is 1.58. The highest BCUT2D eigenvalue weighted by molar-refractivity contribution is 8.08. The smallest absolute Gasteiger partial charge is 0.452 e. The van der Waals surface area contributed by atoms with Crippen LogP contribution in [-0.4, -0.2) is 90.0 Å². The number of esters is 2. The third kappa shape index (κ3) is 9.10. The van der Waals surface area contributed by atoms with Crippen LogP contribution in [0.4, 0.5) is 17.3 Å². The van der Waals surface area contributed by atoms with Crippen LogP contribution in [0.5, 0.6) is 0 Å². The molecule has 26 heteroatoms. The number of anilines is 3. The van der Waals surface area contributed by atoms with E-state index < -0.39 is 71.0 Å². The van der Waals surface area contributed by atoms with Crippen molar-refractivity contribution in [3.8, 4) is 0 Å². The van der Waals surface area contributed by atoms with Crippen molar-refractivity contribution in [1.82, 2.24) is 19.5 Å². The maximum Gasteiger partial charge on any atom is 0.488 e. The molecule has 4 aromatic rings. The lowest BCUT2D eigenvalue weighted by Gasteiger charge is -2.25. The predicted octanol–water partition coefficient (Wildman–Crippen LogP) is 1.59. The van der Waals surface area contributed by atoms with E-state index in [0.29, 0.717) is 11.4 Å². The van der Waals surface area contributed by atoms with Gasteiger partial charge in [0.15, 0.2) is 29.6 Å². The van der Waals surface area contributed by atoms with Gasteiger partial charge in [-0.15, -0.1) is 0 Å². The van der Waals surface area contributed by atoms with Crippen molar-refractivity contribution in [2.45, 2.75) is 24.5 Å². The molecule has 9 N–H and O–H groups in total. The number of nitrogens with two attached hydrogens (primary N) is 1. The number of rotatable bonds is 14. The summed E-state index contributed by atoms with van der Waals surface area (Å²) in [6.45, 7) is -5.96. The number of nitrogens with zero attached hydrogens (tertiary/aromatic N) is 3. The van der Waals surface area contributed by atoms with Crippen molar-refractivity contribution in [3.63, 3.8) is 0 Å². The van der Waals surface area contributed by atoms with E-state index in [-0.39, 0.29) is 28.2 Å². The molecular formula is C26H30N7O15P3S. The van der Waals surface area contributed by atoms with Crippen LogP contribution in [0.1, 0.15) is 26.9 Å². The molecule has 2 unspecified atom stereocenters. The summed E-state index contributed by atoms with van der Waals surface area (Å²) in [7, 11) is -8.27. The topological polar surface area (TPSA) is 318 Å². The van der Waals surface area contributed by atoms with Crippen molar-refractivity contribution < 1.29 is 65.6 Å². The molecule has 0 bridgehead atoms. The van der Waals surface area contributed by atoms with E-state index in [1.54, 1.807) is 44.4 Å². The van der Waals surface area contributed by atoms with Crippen LogP contribution in [0.2, 0.25) is 0 Å². The highest BCUT2D eigenvalue weighted by atomic mass is 32.5. The number of benzene rings is 2. The highest BCUT2D eigenvalue weighted by Crippen LogP contribution is 2.66. The second kappa shape index (κ2) is 15.5. The van der Waals surface area contributed by atoms with E-state index in [2.05, 4.69) is 46.0 Å². The predicted molar refractivity (Wildman–Crippen MR) is 183 cm³/mol. The van der Waals surface area contributed by atoms with E-state index in [1.165, 1.54) is 18.2 Å². The minimum atomic E-state index is -5.71. The van der Waals surface area contributed by atoms with Gasteiger partial charge in [-0.3, -0.25) is 18.9 Å². The van der Waals surface area contributed by atoms with Crippen molar-refractivity contribution >= 4 is 74.6 Å². The molecule has 52 heavy (non-hydrogen) atoms. The van der Waals surface area contributed by atoms with Gasteiger partial charge < -0.3 is 50.2 Å². The van der Waals surface area contributed by atoms with Crippen LogP contribution in [-0.2, 0) is 48.3 Å². The minimum Gasteiger partial charge on any atom is -0.452 e. The van der Waals surface area contributed by atoms with E-state index in [9.17, 15) is 43.1 Å². The van der Waals surface area contributed by atoms with E-state index >= 15 is 0 Å². The zero-order valence-corrected chi connectivity index (χ0v) is 30.2. The largest absolute Gasteiger partial charge is 0.488 e. The van der Waals surface area contributed by atoms with Crippen LogP contribution in [0, 0.1) is 0 Å². The molecule has 280 valence electrons. The van der Waals surface area contributed by atoms with Gasteiger partial charge in [-0.25, -0.2) is 28.0 Å². The third-order valence-electron chi connectivity index (χ3n) is 7.15. The number of nitrogens with one attached hydrogen (secondary N) is 3. The molecule has 2 aromatic heterocycles. The third-order valence-corrected chi connectivity index (χ3v) is 11.5.